The molecule has 0 aromatic carbocycles. The molecular weight excluding hydrogens is 362 g/mol. The van der Waals surface area contributed by atoms with E-state index in [-0.39, 0.29) is 17.0 Å². The number of nitrogens with zero attached hydrogens (tertiary/aromatic N) is 4. The van der Waals surface area contributed by atoms with Gasteiger partial charge in [-0.25, -0.2) is 4.98 Å². The second kappa shape index (κ2) is 7.92. The zero-order chi connectivity index (χ0) is 19.6. The number of aromatic nitrogens is 2. The fraction of sp³-hybridized carbons (Fsp3) is 0.474. The minimum atomic E-state index is -0.365. The number of thiazole rings is 1. The van der Waals surface area contributed by atoms with Gasteiger partial charge in [-0.2, -0.15) is 5.26 Å². The van der Waals surface area contributed by atoms with Crippen molar-refractivity contribution in [2.24, 2.45) is 0 Å². The van der Waals surface area contributed by atoms with E-state index in [1.165, 1.54) is 0 Å². The third-order valence-corrected chi connectivity index (χ3v) is 6.04. The van der Waals surface area contributed by atoms with Crippen LogP contribution in [0.1, 0.15) is 34.5 Å². The van der Waals surface area contributed by atoms with E-state index in [9.17, 15) is 9.59 Å². The molecule has 0 unspecified atom stereocenters. The van der Waals surface area contributed by atoms with E-state index in [1.54, 1.807) is 18.3 Å². The third kappa shape index (κ3) is 4.03. The fourth-order valence-electron chi connectivity index (χ4n) is 3.44. The zero-order valence-electron chi connectivity index (χ0n) is 15.8. The second-order valence-corrected chi connectivity index (χ2v) is 7.65. The summed E-state index contributed by atoms with van der Waals surface area (Å²) in [4.78, 5) is 35.8. The molecule has 1 saturated heterocycles. The maximum absolute atomic E-state index is 12.6. The summed E-state index contributed by atoms with van der Waals surface area (Å²) < 4.78 is 0. The van der Waals surface area contributed by atoms with E-state index in [1.807, 2.05) is 30.2 Å². The summed E-state index contributed by atoms with van der Waals surface area (Å²) in [6, 6.07) is 1.95. The molecule has 1 fully saturated rings. The number of carbonyl (C=O) groups is 1. The molecule has 0 spiro atoms. The molecule has 0 bridgehead atoms. The predicted molar refractivity (Wildman–Crippen MR) is 105 cm³/mol. The van der Waals surface area contributed by atoms with Crippen LogP contribution in [0.2, 0.25) is 0 Å². The van der Waals surface area contributed by atoms with Crippen molar-refractivity contribution in [2.45, 2.75) is 33.6 Å². The van der Waals surface area contributed by atoms with Gasteiger partial charge in [0.1, 0.15) is 11.6 Å². The number of H-pyrrole nitrogens is 1. The normalized spacial score (nSPS) is 14.3. The highest BCUT2D eigenvalue weighted by atomic mass is 32.1. The first-order valence-electron chi connectivity index (χ1n) is 8.98. The molecule has 1 aliphatic heterocycles. The summed E-state index contributed by atoms with van der Waals surface area (Å²) in [5.41, 5.74) is 3.09. The number of aryl methyl sites for hydroxylation is 2. The Morgan fingerprint density at radius 2 is 2.00 bits per heavy atom. The van der Waals surface area contributed by atoms with Gasteiger partial charge in [-0.3, -0.25) is 9.59 Å². The Kier molecular flexibility index (Phi) is 5.61. The number of hydrogen-bond donors (Lipinski definition) is 1. The smallest absolute Gasteiger partial charge is 0.266 e. The number of aromatic amines is 1. The number of carbonyl (C=O) groups excluding carboxylic acids is 1. The Balaban J connectivity index is 1.60. The summed E-state index contributed by atoms with van der Waals surface area (Å²) in [5.74, 6) is 0.105. The van der Waals surface area contributed by atoms with Crippen LogP contribution in [0.25, 0.3) is 0 Å². The van der Waals surface area contributed by atoms with E-state index in [0.29, 0.717) is 31.5 Å². The highest BCUT2D eigenvalue weighted by Crippen LogP contribution is 2.22. The van der Waals surface area contributed by atoms with E-state index in [4.69, 9.17) is 5.26 Å². The van der Waals surface area contributed by atoms with Gasteiger partial charge in [-0.05, 0) is 38.3 Å². The molecule has 8 heteroatoms. The number of amides is 1. The van der Waals surface area contributed by atoms with Crippen LogP contribution in [0.15, 0.2) is 10.2 Å². The van der Waals surface area contributed by atoms with Gasteiger partial charge < -0.3 is 14.8 Å². The van der Waals surface area contributed by atoms with Crippen molar-refractivity contribution >= 4 is 22.4 Å². The van der Waals surface area contributed by atoms with Crippen LogP contribution in [0.3, 0.4) is 0 Å². The fourth-order valence-corrected chi connectivity index (χ4v) is 4.30. The SMILES string of the molecule is Cc1csc(N2CCN(C(=O)CCc3c(C)[nH]c(=O)c(C#N)c3C)CC2)n1. The van der Waals surface area contributed by atoms with Crippen LogP contribution in [0, 0.1) is 32.1 Å². The van der Waals surface area contributed by atoms with E-state index >= 15 is 0 Å². The number of piperazine rings is 1. The maximum Gasteiger partial charge on any atom is 0.266 e. The number of nitriles is 1. The molecule has 1 amide bonds. The summed E-state index contributed by atoms with van der Waals surface area (Å²) in [6.45, 7) is 8.51. The molecule has 0 atom stereocenters. The molecule has 0 aliphatic carbocycles. The highest BCUT2D eigenvalue weighted by molar-refractivity contribution is 7.13. The van der Waals surface area contributed by atoms with Gasteiger partial charge in [0, 0.05) is 43.7 Å². The van der Waals surface area contributed by atoms with Crippen molar-refractivity contribution in [3.05, 3.63) is 43.8 Å². The summed E-state index contributed by atoms with van der Waals surface area (Å²) >= 11 is 1.64. The first-order valence-corrected chi connectivity index (χ1v) is 9.86. The number of anilines is 1. The van der Waals surface area contributed by atoms with Crippen LogP contribution >= 0.6 is 11.3 Å². The first kappa shape index (κ1) is 19.1. The van der Waals surface area contributed by atoms with E-state index in [0.717, 1.165) is 35.2 Å². The zero-order valence-corrected chi connectivity index (χ0v) is 16.7. The van der Waals surface area contributed by atoms with Gasteiger partial charge in [0.15, 0.2) is 5.13 Å². The molecule has 1 N–H and O–H groups in total. The molecule has 27 heavy (non-hydrogen) atoms. The van der Waals surface area contributed by atoms with Gasteiger partial charge in [0.05, 0.1) is 5.69 Å². The molecule has 3 rings (SSSR count). The standard InChI is InChI=1S/C19H23N5O2S/c1-12-11-27-19(21-12)24-8-6-23(7-9-24)17(25)5-4-15-13(2)16(10-20)18(26)22-14(15)3/h11H,4-9H2,1-3H3,(H,22,26). The van der Waals surface area contributed by atoms with Crippen molar-refractivity contribution in [3.8, 4) is 6.07 Å². The molecule has 142 valence electrons. The van der Waals surface area contributed by atoms with E-state index < -0.39 is 0 Å². The average molecular weight is 385 g/mol. The van der Waals surface area contributed by atoms with Crippen molar-refractivity contribution < 1.29 is 4.79 Å². The number of pyridine rings is 1. The van der Waals surface area contributed by atoms with Crippen molar-refractivity contribution in [1.29, 1.82) is 5.26 Å². The minimum Gasteiger partial charge on any atom is -0.345 e. The second-order valence-electron chi connectivity index (χ2n) is 6.81. The lowest BCUT2D eigenvalue weighted by molar-refractivity contribution is -0.131. The predicted octanol–water partition coefficient (Wildman–Crippen LogP) is 1.91. The highest BCUT2D eigenvalue weighted by Gasteiger charge is 2.23. The molecule has 0 radical (unpaired) electrons. The number of hydrogen-bond acceptors (Lipinski definition) is 6. The molecule has 7 nitrogen and oxygen atoms in total. The van der Waals surface area contributed by atoms with E-state index in [2.05, 4.69) is 14.9 Å². The Morgan fingerprint density at radius 3 is 2.59 bits per heavy atom. The van der Waals surface area contributed by atoms with Crippen molar-refractivity contribution in [2.75, 3.05) is 31.1 Å². The van der Waals surface area contributed by atoms with Gasteiger partial charge in [0.25, 0.3) is 5.56 Å². The van der Waals surface area contributed by atoms with Crippen LogP contribution in [0.4, 0.5) is 5.13 Å². The Morgan fingerprint density at radius 1 is 1.30 bits per heavy atom. The molecular formula is C19H23N5O2S. The van der Waals surface area contributed by atoms with Gasteiger partial charge in [-0.15, -0.1) is 11.3 Å². The summed E-state index contributed by atoms with van der Waals surface area (Å²) in [7, 11) is 0. The monoisotopic (exact) mass is 385 g/mol. The Labute approximate surface area is 162 Å². The molecule has 2 aromatic rings. The largest absolute Gasteiger partial charge is 0.345 e. The Hall–Kier alpha value is -2.66. The average Bonchev–Trinajstić information content (AvgIpc) is 3.08. The third-order valence-electron chi connectivity index (χ3n) is 5.02. The van der Waals surface area contributed by atoms with Gasteiger partial charge >= 0.3 is 0 Å². The summed E-state index contributed by atoms with van der Waals surface area (Å²) in [5, 5.41) is 12.2. The van der Waals surface area contributed by atoms with Crippen LogP contribution in [-0.2, 0) is 11.2 Å². The number of nitrogens with one attached hydrogen (secondary N) is 1. The maximum atomic E-state index is 12.6. The molecule has 3 heterocycles. The lowest BCUT2D eigenvalue weighted by Gasteiger charge is -2.34. The van der Waals surface area contributed by atoms with Crippen molar-refractivity contribution in [3.63, 3.8) is 0 Å². The lowest BCUT2D eigenvalue weighted by Crippen LogP contribution is -2.48. The Bertz CT molecular complexity index is 948. The minimum absolute atomic E-state index is 0.105. The van der Waals surface area contributed by atoms with Crippen LogP contribution < -0.4 is 10.5 Å². The van der Waals surface area contributed by atoms with Crippen LogP contribution in [0.5, 0.6) is 0 Å². The van der Waals surface area contributed by atoms with Crippen LogP contribution in [-0.4, -0.2) is 47.0 Å². The first-order chi connectivity index (χ1) is 12.9. The van der Waals surface area contributed by atoms with Gasteiger partial charge in [0.2, 0.25) is 5.91 Å². The molecule has 1 aliphatic rings. The summed E-state index contributed by atoms with van der Waals surface area (Å²) in [6.07, 6.45) is 0.892. The topological polar surface area (TPSA) is 93.1 Å². The van der Waals surface area contributed by atoms with Crippen molar-refractivity contribution in [1.82, 2.24) is 14.9 Å². The lowest BCUT2D eigenvalue weighted by atomic mass is 9.99. The quantitative estimate of drug-likeness (QED) is 0.868. The van der Waals surface area contributed by atoms with Gasteiger partial charge in [-0.1, -0.05) is 0 Å². The number of rotatable bonds is 4. The molecule has 2 aromatic heterocycles. The molecule has 0 saturated carbocycles.